The molecule has 0 radical (unpaired) electrons. The molecule has 0 amide bonds. The highest BCUT2D eigenvalue weighted by Gasteiger charge is 2.19. The van der Waals surface area contributed by atoms with Crippen LogP contribution < -0.4 is 4.74 Å². The maximum atomic E-state index is 14.6. The molecule has 4 aromatic rings. The molecule has 186 valence electrons. The first-order valence-electron chi connectivity index (χ1n) is 12.6. The molecule has 4 rings (SSSR count). The van der Waals surface area contributed by atoms with Crippen molar-refractivity contribution in [2.75, 3.05) is 19.7 Å². The molecule has 36 heavy (non-hydrogen) atoms. The minimum absolute atomic E-state index is 0.138. The summed E-state index contributed by atoms with van der Waals surface area (Å²) in [6.45, 7) is 4.29. The molecule has 0 bridgehead atoms. The van der Waals surface area contributed by atoms with Crippen LogP contribution in [0.1, 0.15) is 41.5 Å². The minimum Gasteiger partial charge on any atom is -0.490 e. The normalized spacial score (nSPS) is 11.2. The Hall–Kier alpha value is -3.50. The third-order valence-electron chi connectivity index (χ3n) is 6.48. The summed E-state index contributed by atoms with van der Waals surface area (Å²) in [7, 11) is 0. The standard InChI is InChI=1S/C32H33F2NO/c1-2-25-18-19-32(31(34)22-25)36-21-11-20-35(23-28-16-9-10-17-30(28)33)24-29(26-12-5-3-6-13-26)27-14-7-4-8-15-27/h3-10,12-19,22,29H,2,11,20-21,23-24H2,1H3. The fourth-order valence-corrected chi connectivity index (χ4v) is 4.49. The molecule has 0 saturated carbocycles. The number of nitrogens with zero attached hydrogens (tertiary/aromatic N) is 1. The first kappa shape index (κ1) is 25.6. The van der Waals surface area contributed by atoms with Gasteiger partial charge in [0.1, 0.15) is 5.82 Å². The predicted octanol–water partition coefficient (Wildman–Crippen LogP) is 7.63. The van der Waals surface area contributed by atoms with Crippen LogP contribution in [0.2, 0.25) is 0 Å². The van der Waals surface area contributed by atoms with Gasteiger partial charge >= 0.3 is 0 Å². The quantitative estimate of drug-likeness (QED) is 0.191. The SMILES string of the molecule is CCc1ccc(OCCCN(Cc2ccccc2F)CC(c2ccccc2)c2ccccc2)c(F)c1. The Labute approximate surface area is 213 Å². The van der Waals surface area contributed by atoms with E-state index in [1.807, 2.05) is 37.3 Å². The zero-order valence-electron chi connectivity index (χ0n) is 20.7. The lowest BCUT2D eigenvalue weighted by molar-refractivity contribution is 0.218. The summed E-state index contributed by atoms with van der Waals surface area (Å²) in [6.07, 6.45) is 1.48. The number of ether oxygens (including phenoxy) is 1. The van der Waals surface area contributed by atoms with Gasteiger partial charge in [0.2, 0.25) is 0 Å². The summed E-state index contributed by atoms with van der Waals surface area (Å²) in [4.78, 5) is 2.27. The average molecular weight is 486 g/mol. The molecule has 0 spiro atoms. The Morgan fingerprint density at radius 3 is 2.00 bits per heavy atom. The van der Waals surface area contributed by atoms with E-state index in [1.54, 1.807) is 12.1 Å². The van der Waals surface area contributed by atoms with Gasteiger partial charge < -0.3 is 4.74 Å². The molecular formula is C32H33F2NO. The maximum absolute atomic E-state index is 14.6. The first-order chi connectivity index (χ1) is 17.6. The van der Waals surface area contributed by atoms with Crippen molar-refractivity contribution in [3.63, 3.8) is 0 Å². The van der Waals surface area contributed by atoms with Crippen LogP contribution in [0.25, 0.3) is 0 Å². The van der Waals surface area contributed by atoms with Crippen molar-refractivity contribution in [2.24, 2.45) is 0 Å². The number of hydrogen-bond acceptors (Lipinski definition) is 2. The van der Waals surface area contributed by atoms with E-state index in [4.69, 9.17) is 4.74 Å². The monoisotopic (exact) mass is 485 g/mol. The van der Waals surface area contributed by atoms with E-state index in [0.29, 0.717) is 31.7 Å². The second-order valence-electron chi connectivity index (χ2n) is 9.02. The number of rotatable bonds is 12. The van der Waals surface area contributed by atoms with Gasteiger partial charge in [-0.3, -0.25) is 4.90 Å². The molecule has 0 aromatic heterocycles. The third kappa shape index (κ3) is 7.02. The topological polar surface area (TPSA) is 12.5 Å². The van der Waals surface area contributed by atoms with Gasteiger partial charge in [-0.15, -0.1) is 0 Å². The summed E-state index contributed by atoms with van der Waals surface area (Å²) in [5, 5.41) is 0. The maximum Gasteiger partial charge on any atom is 0.165 e. The van der Waals surface area contributed by atoms with Crippen molar-refractivity contribution < 1.29 is 13.5 Å². The van der Waals surface area contributed by atoms with E-state index in [1.165, 1.54) is 23.3 Å². The first-order valence-corrected chi connectivity index (χ1v) is 12.6. The van der Waals surface area contributed by atoms with Crippen LogP contribution in [0.3, 0.4) is 0 Å². The lowest BCUT2D eigenvalue weighted by atomic mass is 9.90. The summed E-state index contributed by atoms with van der Waals surface area (Å²) in [5.74, 6) is -0.114. The molecule has 0 aliphatic carbocycles. The summed E-state index contributed by atoms with van der Waals surface area (Å²) >= 11 is 0. The molecule has 0 unspecified atom stereocenters. The molecule has 0 N–H and O–H groups in total. The predicted molar refractivity (Wildman–Crippen MR) is 142 cm³/mol. The van der Waals surface area contributed by atoms with Crippen molar-refractivity contribution in [3.8, 4) is 5.75 Å². The summed E-state index contributed by atoms with van der Waals surface area (Å²) in [6, 6.07) is 32.9. The largest absolute Gasteiger partial charge is 0.490 e. The van der Waals surface area contributed by atoms with E-state index >= 15 is 0 Å². The van der Waals surface area contributed by atoms with Gasteiger partial charge in [0, 0.05) is 31.1 Å². The minimum atomic E-state index is -0.328. The number of hydrogen-bond donors (Lipinski definition) is 0. The van der Waals surface area contributed by atoms with Crippen molar-refractivity contribution in [3.05, 3.63) is 137 Å². The second-order valence-corrected chi connectivity index (χ2v) is 9.02. The Morgan fingerprint density at radius 1 is 0.750 bits per heavy atom. The van der Waals surface area contributed by atoms with Gasteiger partial charge in [0.05, 0.1) is 6.61 Å². The summed E-state index contributed by atoms with van der Waals surface area (Å²) in [5.41, 5.74) is 4.05. The number of aryl methyl sites for hydroxylation is 1. The van der Waals surface area contributed by atoms with Crippen LogP contribution in [0.4, 0.5) is 8.78 Å². The van der Waals surface area contributed by atoms with E-state index in [0.717, 1.165) is 18.5 Å². The zero-order chi connectivity index (χ0) is 25.2. The molecule has 4 heteroatoms. The van der Waals surface area contributed by atoms with Crippen molar-refractivity contribution in [1.82, 2.24) is 4.90 Å². The molecule has 4 aromatic carbocycles. The van der Waals surface area contributed by atoms with Crippen LogP contribution in [0.15, 0.2) is 103 Å². The highest BCUT2D eigenvalue weighted by molar-refractivity contribution is 5.33. The Kier molecular flexibility index (Phi) is 9.23. The fraction of sp³-hybridized carbons (Fsp3) is 0.250. The van der Waals surface area contributed by atoms with E-state index < -0.39 is 0 Å². The van der Waals surface area contributed by atoms with Crippen LogP contribution in [0.5, 0.6) is 5.75 Å². The van der Waals surface area contributed by atoms with Crippen LogP contribution in [0, 0.1) is 11.6 Å². The highest BCUT2D eigenvalue weighted by atomic mass is 19.1. The van der Waals surface area contributed by atoms with Gasteiger partial charge in [-0.1, -0.05) is 91.9 Å². The molecule has 2 nitrogen and oxygen atoms in total. The number of benzene rings is 4. The summed E-state index contributed by atoms with van der Waals surface area (Å²) < 4.78 is 34.6. The van der Waals surface area contributed by atoms with Crippen molar-refractivity contribution in [1.29, 1.82) is 0 Å². The molecule has 0 aliphatic heterocycles. The van der Waals surface area contributed by atoms with Crippen LogP contribution in [-0.4, -0.2) is 24.6 Å². The van der Waals surface area contributed by atoms with Gasteiger partial charge in [0.15, 0.2) is 11.6 Å². The van der Waals surface area contributed by atoms with Crippen LogP contribution >= 0.6 is 0 Å². The van der Waals surface area contributed by atoms with Gasteiger partial charge in [-0.2, -0.15) is 0 Å². The Bertz CT molecular complexity index is 1170. The lowest BCUT2D eigenvalue weighted by Crippen LogP contribution is -2.31. The fourth-order valence-electron chi connectivity index (χ4n) is 4.49. The van der Waals surface area contributed by atoms with Gasteiger partial charge in [-0.25, -0.2) is 8.78 Å². The Morgan fingerprint density at radius 2 is 1.39 bits per heavy atom. The van der Waals surface area contributed by atoms with Crippen molar-refractivity contribution in [2.45, 2.75) is 32.2 Å². The lowest BCUT2D eigenvalue weighted by Gasteiger charge is -2.28. The van der Waals surface area contributed by atoms with E-state index in [2.05, 4.69) is 53.4 Å². The van der Waals surface area contributed by atoms with Crippen LogP contribution in [-0.2, 0) is 13.0 Å². The average Bonchev–Trinajstić information content (AvgIpc) is 2.92. The van der Waals surface area contributed by atoms with Gasteiger partial charge in [0.25, 0.3) is 0 Å². The molecular weight excluding hydrogens is 452 g/mol. The molecule has 0 aliphatic rings. The molecule has 0 atom stereocenters. The van der Waals surface area contributed by atoms with E-state index in [-0.39, 0.29) is 23.3 Å². The van der Waals surface area contributed by atoms with E-state index in [9.17, 15) is 8.78 Å². The molecule has 0 saturated heterocycles. The van der Waals surface area contributed by atoms with Gasteiger partial charge in [-0.05, 0) is 47.7 Å². The van der Waals surface area contributed by atoms with Crippen molar-refractivity contribution >= 4 is 0 Å². The molecule has 0 heterocycles. The smallest absolute Gasteiger partial charge is 0.165 e. The highest BCUT2D eigenvalue weighted by Crippen LogP contribution is 2.27. The Balaban J connectivity index is 1.49. The zero-order valence-corrected chi connectivity index (χ0v) is 20.7. The number of halogens is 2. The third-order valence-corrected chi connectivity index (χ3v) is 6.48. The second kappa shape index (κ2) is 13.0. The molecule has 0 fully saturated rings.